The highest BCUT2D eigenvalue weighted by Crippen LogP contribution is 2.27. The predicted molar refractivity (Wildman–Crippen MR) is 136 cm³/mol. The fraction of sp³-hybridized carbons (Fsp3) is 0.571. The molecule has 1 aliphatic rings. The van der Waals surface area contributed by atoms with E-state index in [2.05, 4.69) is 41.7 Å². The van der Waals surface area contributed by atoms with E-state index < -0.39 is 0 Å². The maximum absolute atomic E-state index is 12.4. The number of hydrogen-bond acceptors (Lipinski definition) is 4. The van der Waals surface area contributed by atoms with Gasteiger partial charge in [-0.3, -0.25) is 9.59 Å². The van der Waals surface area contributed by atoms with Crippen LogP contribution in [0.15, 0.2) is 36.4 Å². The van der Waals surface area contributed by atoms with Crippen molar-refractivity contribution in [1.29, 1.82) is 0 Å². The monoisotopic (exact) mass is 468 g/mol. The van der Waals surface area contributed by atoms with Crippen LogP contribution in [-0.2, 0) is 20.7 Å². The van der Waals surface area contributed by atoms with E-state index >= 15 is 0 Å². The molecule has 186 valence electrons. The standard InChI is InChI=1S/C28H40N2O4/c1-21-16-25(33-2)20-30(21)28(32)19-29-27(31)15-9-7-5-4-6-8-14-24-17-22-12-10-11-13-23(22)18-26(24)34-3/h10-13,17-18,21,25H,4-9,14-16,19-20H2,1-3H3,(H,29,31). The number of fused-ring (bicyclic) bond motifs is 1. The molecule has 0 spiro atoms. The molecule has 1 heterocycles. The first-order valence-electron chi connectivity index (χ1n) is 12.7. The van der Waals surface area contributed by atoms with Gasteiger partial charge in [0.05, 0.1) is 19.8 Å². The van der Waals surface area contributed by atoms with Crippen molar-refractivity contribution < 1.29 is 19.1 Å². The summed E-state index contributed by atoms with van der Waals surface area (Å²) >= 11 is 0. The van der Waals surface area contributed by atoms with Crippen LogP contribution in [-0.4, -0.2) is 56.2 Å². The molecule has 2 amide bonds. The summed E-state index contributed by atoms with van der Waals surface area (Å²) in [4.78, 5) is 26.3. The van der Waals surface area contributed by atoms with Gasteiger partial charge in [-0.1, -0.05) is 49.9 Å². The van der Waals surface area contributed by atoms with Crippen LogP contribution in [0.4, 0.5) is 0 Å². The molecule has 2 atom stereocenters. The number of amides is 2. The summed E-state index contributed by atoms with van der Waals surface area (Å²) in [6.07, 6.45) is 8.97. The van der Waals surface area contributed by atoms with E-state index in [1.165, 1.54) is 29.2 Å². The van der Waals surface area contributed by atoms with Crippen molar-refractivity contribution in [3.63, 3.8) is 0 Å². The first-order valence-corrected chi connectivity index (χ1v) is 12.7. The van der Waals surface area contributed by atoms with Crippen molar-refractivity contribution in [3.05, 3.63) is 42.0 Å². The molecule has 1 saturated heterocycles. The number of likely N-dealkylation sites (tertiary alicyclic amines) is 1. The number of nitrogens with one attached hydrogen (secondary N) is 1. The lowest BCUT2D eigenvalue weighted by Gasteiger charge is -2.21. The SMILES string of the molecule is COc1cc2ccccc2cc1CCCCCCCCC(=O)NCC(=O)N1CC(OC)CC1C. The van der Waals surface area contributed by atoms with E-state index in [0.29, 0.717) is 13.0 Å². The molecule has 2 unspecified atom stereocenters. The Morgan fingerprint density at radius 1 is 1.00 bits per heavy atom. The van der Waals surface area contributed by atoms with Gasteiger partial charge in [0.15, 0.2) is 0 Å². The molecule has 2 aromatic rings. The van der Waals surface area contributed by atoms with Crippen molar-refractivity contribution in [1.82, 2.24) is 10.2 Å². The number of rotatable bonds is 13. The van der Waals surface area contributed by atoms with Crippen molar-refractivity contribution in [2.45, 2.75) is 76.9 Å². The molecule has 1 fully saturated rings. The third-order valence-corrected chi connectivity index (χ3v) is 6.88. The first kappa shape index (κ1) is 26.0. The van der Waals surface area contributed by atoms with Gasteiger partial charge >= 0.3 is 0 Å². The Labute approximate surface area is 204 Å². The second-order valence-corrected chi connectivity index (χ2v) is 9.40. The quantitative estimate of drug-likeness (QED) is 0.426. The summed E-state index contributed by atoms with van der Waals surface area (Å²) in [5.74, 6) is 0.913. The number of carbonyl (C=O) groups is 2. The zero-order chi connectivity index (χ0) is 24.3. The van der Waals surface area contributed by atoms with Crippen LogP contribution in [0.3, 0.4) is 0 Å². The fourth-order valence-corrected chi connectivity index (χ4v) is 4.82. The molecule has 6 nitrogen and oxygen atoms in total. The first-order chi connectivity index (χ1) is 16.5. The van der Waals surface area contributed by atoms with E-state index in [9.17, 15) is 9.59 Å². The van der Waals surface area contributed by atoms with Crippen LogP contribution >= 0.6 is 0 Å². The Hall–Kier alpha value is -2.60. The van der Waals surface area contributed by atoms with Crippen LogP contribution in [0.25, 0.3) is 10.8 Å². The highest BCUT2D eigenvalue weighted by atomic mass is 16.5. The molecule has 34 heavy (non-hydrogen) atoms. The van der Waals surface area contributed by atoms with E-state index in [4.69, 9.17) is 9.47 Å². The largest absolute Gasteiger partial charge is 0.496 e. The van der Waals surface area contributed by atoms with Gasteiger partial charge in [0, 0.05) is 26.1 Å². The predicted octanol–water partition coefficient (Wildman–Crippen LogP) is 4.87. The highest BCUT2D eigenvalue weighted by Gasteiger charge is 2.32. The van der Waals surface area contributed by atoms with Crippen LogP contribution in [0.5, 0.6) is 5.75 Å². The number of nitrogens with zero attached hydrogens (tertiary/aromatic N) is 1. The van der Waals surface area contributed by atoms with E-state index in [-0.39, 0.29) is 30.5 Å². The van der Waals surface area contributed by atoms with Gasteiger partial charge in [-0.25, -0.2) is 0 Å². The normalized spacial score (nSPS) is 17.8. The molecule has 2 aromatic carbocycles. The Kier molecular flexibility index (Phi) is 10.2. The number of methoxy groups -OCH3 is 2. The van der Waals surface area contributed by atoms with Crippen molar-refractivity contribution in [2.24, 2.45) is 0 Å². The summed E-state index contributed by atoms with van der Waals surface area (Å²) in [6, 6.07) is 12.9. The lowest BCUT2D eigenvalue weighted by molar-refractivity contribution is -0.133. The average Bonchev–Trinajstić information content (AvgIpc) is 3.24. The zero-order valence-electron chi connectivity index (χ0n) is 21.0. The van der Waals surface area contributed by atoms with E-state index in [1.54, 1.807) is 14.2 Å². The van der Waals surface area contributed by atoms with Crippen molar-refractivity contribution in [2.75, 3.05) is 27.3 Å². The van der Waals surface area contributed by atoms with Crippen LogP contribution in [0, 0.1) is 0 Å². The molecular weight excluding hydrogens is 428 g/mol. The minimum Gasteiger partial charge on any atom is -0.496 e. The molecule has 1 aliphatic heterocycles. The molecule has 0 radical (unpaired) electrons. The number of aryl methyl sites for hydroxylation is 1. The Bertz CT molecular complexity index is 945. The number of benzene rings is 2. The Morgan fingerprint density at radius 2 is 1.68 bits per heavy atom. The smallest absolute Gasteiger partial charge is 0.242 e. The number of carbonyl (C=O) groups excluding carboxylic acids is 2. The minimum absolute atomic E-state index is 0.0246. The van der Waals surface area contributed by atoms with Crippen molar-refractivity contribution >= 4 is 22.6 Å². The van der Waals surface area contributed by atoms with Crippen LogP contribution in [0.1, 0.15) is 63.9 Å². The zero-order valence-corrected chi connectivity index (χ0v) is 21.0. The van der Waals surface area contributed by atoms with Gasteiger partial charge in [0.2, 0.25) is 11.8 Å². The van der Waals surface area contributed by atoms with Gasteiger partial charge in [-0.2, -0.15) is 0 Å². The third kappa shape index (κ3) is 7.45. The molecule has 1 N–H and O–H groups in total. The van der Waals surface area contributed by atoms with Crippen LogP contribution < -0.4 is 10.1 Å². The summed E-state index contributed by atoms with van der Waals surface area (Å²) in [5, 5.41) is 5.25. The number of unbranched alkanes of at least 4 members (excludes halogenated alkanes) is 5. The Morgan fingerprint density at radius 3 is 2.35 bits per heavy atom. The summed E-state index contributed by atoms with van der Waals surface area (Å²) in [7, 11) is 3.42. The molecular formula is C28H40N2O4. The number of ether oxygens (including phenoxy) is 2. The number of hydrogen-bond donors (Lipinski definition) is 1. The van der Waals surface area contributed by atoms with Gasteiger partial charge in [-0.05, 0) is 61.1 Å². The average molecular weight is 469 g/mol. The summed E-state index contributed by atoms with van der Waals surface area (Å²) in [6.45, 7) is 2.72. The second kappa shape index (κ2) is 13.3. The van der Waals surface area contributed by atoms with E-state index in [0.717, 1.165) is 44.3 Å². The van der Waals surface area contributed by atoms with Crippen molar-refractivity contribution in [3.8, 4) is 5.75 Å². The summed E-state index contributed by atoms with van der Waals surface area (Å²) < 4.78 is 10.9. The van der Waals surface area contributed by atoms with E-state index in [1.807, 2.05) is 11.8 Å². The molecule has 0 saturated carbocycles. The topological polar surface area (TPSA) is 67.9 Å². The highest BCUT2D eigenvalue weighted by molar-refractivity contribution is 5.85. The molecule has 0 aliphatic carbocycles. The van der Waals surface area contributed by atoms with Gasteiger partial charge in [0.1, 0.15) is 5.75 Å². The van der Waals surface area contributed by atoms with Crippen LogP contribution in [0.2, 0.25) is 0 Å². The third-order valence-electron chi connectivity index (χ3n) is 6.88. The summed E-state index contributed by atoms with van der Waals surface area (Å²) in [5.41, 5.74) is 1.27. The van der Waals surface area contributed by atoms with Gasteiger partial charge < -0.3 is 19.7 Å². The maximum atomic E-state index is 12.4. The molecule has 0 aromatic heterocycles. The lowest BCUT2D eigenvalue weighted by Crippen LogP contribution is -2.42. The Balaban J connectivity index is 1.24. The molecule has 6 heteroatoms. The molecule has 0 bridgehead atoms. The minimum atomic E-state index is -0.0353. The van der Waals surface area contributed by atoms with Gasteiger partial charge in [0.25, 0.3) is 0 Å². The molecule has 3 rings (SSSR count). The fourth-order valence-electron chi connectivity index (χ4n) is 4.82. The maximum Gasteiger partial charge on any atom is 0.242 e. The lowest BCUT2D eigenvalue weighted by atomic mass is 10.0. The van der Waals surface area contributed by atoms with Gasteiger partial charge in [-0.15, -0.1) is 0 Å². The second-order valence-electron chi connectivity index (χ2n) is 9.40.